The molecule has 3 aromatic rings. The van der Waals surface area contributed by atoms with Gasteiger partial charge in [0.2, 0.25) is 5.91 Å². The van der Waals surface area contributed by atoms with Gasteiger partial charge in [-0.3, -0.25) is 14.3 Å². The van der Waals surface area contributed by atoms with E-state index in [4.69, 9.17) is 11.6 Å². The Morgan fingerprint density at radius 3 is 2.67 bits per heavy atom. The van der Waals surface area contributed by atoms with Crippen LogP contribution in [0.4, 0.5) is 0 Å². The Balaban J connectivity index is 1.84. The number of halogens is 1. The minimum absolute atomic E-state index is 0.136. The fourth-order valence-electron chi connectivity index (χ4n) is 2.73. The standard InChI is InChI=1S/C19H20ClN5O2/c1-2-25-12-17(23-24-25)19(27)22-16(11-21-18(26)10-20)15-8-7-13-5-3-4-6-14(13)9-15/h3-9,12,16H,2,10-11H2,1H3,(H,21,26)(H,22,27). The first kappa shape index (κ1) is 18.8. The molecule has 0 aliphatic rings. The second-order valence-corrected chi connectivity index (χ2v) is 6.30. The van der Waals surface area contributed by atoms with Crippen molar-refractivity contribution < 1.29 is 9.59 Å². The van der Waals surface area contributed by atoms with Crippen molar-refractivity contribution in [3.05, 3.63) is 59.9 Å². The van der Waals surface area contributed by atoms with E-state index in [0.717, 1.165) is 16.3 Å². The van der Waals surface area contributed by atoms with Gasteiger partial charge in [0.15, 0.2) is 5.69 Å². The Bertz CT molecular complexity index is 956. The maximum absolute atomic E-state index is 12.6. The molecule has 2 N–H and O–H groups in total. The second-order valence-electron chi connectivity index (χ2n) is 6.03. The van der Waals surface area contributed by atoms with Crippen LogP contribution in [0.1, 0.15) is 29.0 Å². The fraction of sp³-hybridized carbons (Fsp3) is 0.263. The van der Waals surface area contributed by atoms with Crippen molar-refractivity contribution in [3.63, 3.8) is 0 Å². The van der Waals surface area contributed by atoms with Gasteiger partial charge in [0.1, 0.15) is 5.88 Å². The largest absolute Gasteiger partial charge is 0.353 e. The molecule has 1 heterocycles. The van der Waals surface area contributed by atoms with Crippen LogP contribution in [0.15, 0.2) is 48.7 Å². The third-order valence-electron chi connectivity index (χ3n) is 4.20. The monoisotopic (exact) mass is 385 g/mol. The van der Waals surface area contributed by atoms with E-state index in [1.165, 1.54) is 0 Å². The van der Waals surface area contributed by atoms with Crippen molar-refractivity contribution in [1.29, 1.82) is 0 Å². The lowest BCUT2D eigenvalue weighted by molar-refractivity contribution is -0.118. The van der Waals surface area contributed by atoms with Crippen molar-refractivity contribution in [1.82, 2.24) is 25.6 Å². The molecule has 1 unspecified atom stereocenters. The van der Waals surface area contributed by atoms with Crippen molar-refractivity contribution in [2.75, 3.05) is 12.4 Å². The number of nitrogens with one attached hydrogen (secondary N) is 2. The highest BCUT2D eigenvalue weighted by Crippen LogP contribution is 2.20. The topological polar surface area (TPSA) is 88.9 Å². The number of amides is 2. The molecule has 7 nitrogen and oxygen atoms in total. The highest BCUT2D eigenvalue weighted by atomic mass is 35.5. The third-order valence-corrected chi connectivity index (χ3v) is 4.44. The molecule has 27 heavy (non-hydrogen) atoms. The zero-order chi connectivity index (χ0) is 19.2. The maximum Gasteiger partial charge on any atom is 0.274 e. The van der Waals surface area contributed by atoms with E-state index in [1.54, 1.807) is 10.9 Å². The molecular formula is C19H20ClN5O2. The van der Waals surface area contributed by atoms with Crippen molar-refractivity contribution in [3.8, 4) is 0 Å². The summed E-state index contributed by atoms with van der Waals surface area (Å²) in [7, 11) is 0. The zero-order valence-corrected chi connectivity index (χ0v) is 15.6. The summed E-state index contributed by atoms with van der Waals surface area (Å²) in [5, 5.41) is 15.6. The molecule has 140 valence electrons. The summed E-state index contributed by atoms with van der Waals surface area (Å²) in [5.41, 5.74) is 1.10. The number of alkyl halides is 1. The number of aromatic nitrogens is 3. The molecule has 8 heteroatoms. The SMILES string of the molecule is CCn1cc(C(=O)NC(CNC(=O)CCl)c2ccc3ccccc3c2)nn1. The molecule has 0 aliphatic heterocycles. The molecule has 0 bridgehead atoms. The van der Waals surface area contributed by atoms with Crippen LogP contribution in [-0.4, -0.2) is 39.2 Å². The van der Waals surface area contributed by atoms with E-state index in [0.29, 0.717) is 6.54 Å². The summed E-state index contributed by atoms with van der Waals surface area (Å²) in [6, 6.07) is 13.4. The predicted octanol–water partition coefficient (Wildman–Crippen LogP) is 2.28. The van der Waals surface area contributed by atoms with E-state index in [1.807, 2.05) is 49.4 Å². The average Bonchev–Trinajstić information content (AvgIpc) is 3.19. The normalized spacial score (nSPS) is 11.9. The van der Waals surface area contributed by atoms with Gasteiger partial charge in [0.25, 0.3) is 5.91 Å². The number of carbonyl (C=O) groups is 2. The number of rotatable bonds is 7. The van der Waals surface area contributed by atoms with Gasteiger partial charge < -0.3 is 10.6 Å². The van der Waals surface area contributed by atoms with Crippen molar-refractivity contribution in [2.24, 2.45) is 0 Å². The van der Waals surface area contributed by atoms with Crippen molar-refractivity contribution in [2.45, 2.75) is 19.5 Å². The number of benzene rings is 2. The Kier molecular flexibility index (Phi) is 6.03. The van der Waals surface area contributed by atoms with Gasteiger partial charge in [-0.1, -0.05) is 41.6 Å². The van der Waals surface area contributed by atoms with Crippen LogP contribution in [-0.2, 0) is 11.3 Å². The molecule has 2 amide bonds. The fourth-order valence-corrected chi connectivity index (χ4v) is 2.82. The maximum atomic E-state index is 12.6. The number of hydrogen-bond donors (Lipinski definition) is 2. The first-order chi connectivity index (χ1) is 13.1. The van der Waals surface area contributed by atoms with E-state index in [-0.39, 0.29) is 29.9 Å². The van der Waals surface area contributed by atoms with Crippen LogP contribution in [0, 0.1) is 0 Å². The van der Waals surface area contributed by atoms with E-state index in [2.05, 4.69) is 20.9 Å². The van der Waals surface area contributed by atoms with E-state index < -0.39 is 6.04 Å². The molecule has 2 aromatic carbocycles. The first-order valence-electron chi connectivity index (χ1n) is 8.63. The molecule has 3 rings (SSSR count). The number of hydrogen-bond acceptors (Lipinski definition) is 4. The average molecular weight is 386 g/mol. The number of fused-ring (bicyclic) bond motifs is 1. The predicted molar refractivity (Wildman–Crippen MR) is 104 cm³/mol. The van der Waals surface area contributed by atoms with Crippen LogP contribution in [0.3, 0.4) is 0 Å². The van der Waals surface area contributed by atoms with E-state index in [9.17, 15) is 9.59 Å². The van der Waals surface area contributed by atoms with Crippen LogP contribution in [0.25, 0.3) is 10.8 Å². The molecule has 0 saturated carbocycles. The minimum atomic E-state index is -0.430. The van der Waals surface area contributed by atoms with Crippen LogP contribution < -0.4 is 10.6 Å². The van der Waals surface area contributed by atoms with Gasteiger partial charge in [-0.15, -0.1) is 16.7 Å². The molecule has 0 saturated heterocycles. The number of aryl methyl sites for hydroxylation is 1. The molecular weight excluding hydrogens is 366 g/mol. The smallest absolute Gasteiger partial charge is 0.274 e. The molecule has 1 atom stereocenters. The van der Waals surface area contributed by atoms with Crippen molar-refractivity contribution >= 4 is 34.2 Å². The summed E-state index contributed by atoms with van der Waals surface area (Å²) in [6.07, 6.45) is 1.59. The number of carbonyl (C=O) groups excluding carboxylic acids is 2. The Morgan fingerprint density at radius 2 is 1.96 bits per heavy atom. The summed E-state index contributed by atoms with van der Waals surface area (Å²) in [6.45, 7) is 2.76. The summed E-state index contributed by atoms with van der Waals surface area (Å²) < 4.78 is 1.58. The van der Waals surface area contributed by atoms with Gasteiger partial charge in [0.05, 0.1) is 12.2 Å². The third kappa shape index (κ3) is 4.62. The Labute approximate surface area is 161 Å². The second kappa shape index (κ2) is 8.64. The molecule has 1 aromatic heterocycles. The van der Waals surface area contributed by atoms with E-state index >= 15 is 0 Å². The quantitative estimate of drug-likeness (QED) is 0.610. The number of nitrogens with zero attached hydrogens (tertiary/aromatic N) is 3. The highest BCUT2D eigenvalue weighted by molar-refractivity contribution is 6.27. The molecule has 0 spiro atoms. The van der Waals surface area contributed by atoms with Gasteiger partial charge in [-0.05, 0) is 29.3 Å². The lowest BCUT2D eigenvalue weighted by Crippen LogP contribution is -2.38. The molecule has 0 aliphatic carbocycles. The first-order valence-corrected chi connectivity index (χ1v) is 9.16. The van der Waals surface area contributed by atoms with Crippen LogP contribution >= 0.6 is 11.6 Å². The summed E-state index contributed by atoms with van der Waals surface area (Å²) >= 11 is 5.56. The highest BCUT2D eigenvalue weighted by Gasteiger charge is 2.19. The van der Waals surface area contributed by atoms with Gasteiger partial charge in [-0.2, -0.15) is 0 Å². The lowest BCUT2D eigenvalue weighted by Gasteiger charge is -2.19. The lowest BCUT2D eigenvalue weighted by atomic mass is 10.0. The van der Waals surface area contributed by atoms with Gasteiger partial charge >= 0.3 is 0 Å². The zero-order valence-electron chi connectivity index (χ0n) is 14.9. The summed E-state index contributed by atoms with van der Waals surface area (Å²) in [5.74, 6) is -0.787. The Hall–Kier alpha value is -2.93. The van der Waals surface area contributed by atoms with Gasteiger partial charge in [-0.25, -0.2) is 0 Å². The summed E-state index contributed by atoms with van der Waals surface area (Å²) in [4.78, 5) is 24.1. The molecule has 0 fully saturated rings. The minimum Gasteiger partial charge on any atom is -0.353 e. The van der Waals surface area contributed by atoms with Crippen LogP contribution in [0.2, 0.25) is 0 Å². The van der Waals surface area contributed by atoms with Crippen LogP contribution in [0.5, 0.6) is 0 Å². The Morgan fingerprint density at radius 1 is 1.19 bits per heavy atom. The van der Waals surface area contributed by atoms with Gasteiger partial charge in [0, 0.05) is 13.1 Å². The molecule has 0 radical (unpaired) electrons.